The summed E-state index contributed by atoms with van der Waals surface area (Å²) in [5, 5.41) is 8.90. The molecule has 0 unspecified atom stereocenters. The molecule has 0 aromatic rings. The predicted octanol–water partition coefficient (Wildman–Crippen LogP) is -0.0297. The Morgan fingerprint density at radius 3 is 2.45 bits per heavy atom. The van der Waals surface area contributed by atoms with E-state index in [2.05, 4.69) is 0 Å². The lowest BCUT2D eigenvalue weighted by Gasteiger charge is -2.23. The van der Waals surface area contributed by atoms with Crippen LogP contribution in [-0.2, 0) is 4.74 Å². The number of alkyl halides is 1. The second-order valence-corrected chi connectivity index (χ2v) is 4.25. The Balaban J connectivity index is 2.71. The Hall–Kier alpha value is 0.275. The third-order valence-corrected chi connectivity index (χ3v) is 3.45. The van der Waals surface area contributed by atoms with Crippen LogP contribution in [0.25, 0.3) is 0 Å². The van der Waals surface area contributed by atoms with Crippen LogP contribution in [0, 0.1) is 5.92 Å². The summed E-state index contributed by atoms with van der Waals surface area (Å²) in [5.74, 6) is 0.212. The van der Waals surface area contributed by atoms with Crippen molar-refractivity contribution in [3.63, 3.8) is 0 Å². The first-order valence-corrected chi connectivity index (χ1v) is 4.33. The number of rotatable bonds is 1. The first-order chi connectivity index (χ1) is 5.00. The van der Waals surface area contributed by atoms with Crippen molar-refractivity contribution in [3.05, 3.63) is 0 Å². The number of aliphatic hydroxyl groups is 1. The fourth-order valence-electron chi connectivity index (χ4n) is 1.45. The second-order valence-electron chi connectivity index (χ2n) is 3.44. The Labute approximate surface area is 73.3 Å². The maximum absolute atomic E-state index is 8.90. The zero-order valence-corrected chi connectivity index (χ0v) is 7.93. The molecule has 4 atom stereocenters. The quantitative estimate of drug-likeness (QED) is 0.449. The van der Waals surface area contributed by atoms with E-state index in [0.29, 0.717) is 0 Å². The molecular weight excluding hydrogens is 162 g/mol. The molecule has 0 amide bonds. The van der Waals surface area contributed by atoms with Crippen molar-refractivity contribution in [2.24, 2.45) is 5.92 Å². The van der Waals surface area contributed by atoms with Gasteiger partial charge in [-0.2, -0.15) is 0 Å². The molecule has 4 heteroatoms. The Bertz CT molecular complexity index is 151. The van der Waals surface area contributed by atoms with Gasteiger partial charge in [0.1, 0.15) is 7.85 Å². The van der Waals surface area contributed by atoms with Gasteiger partial charge in [0.05, 0.1) is 17.6 Å². The largest absolute Gasteiger partial charge is 0.394 e. The molecule has 0 spiro atoms. The predicted molar refractivity (Wildman–Crippen MR) is 47.7 cm³/mol. The Kier molecular flexibility index (Phi) is 2.52. The van der Waals surface area contributed by atoms with Crippen molar-refractivity contribution in [2.75, 3.05) is 6.61 Å². The van der Waals surface area contributed by atoms with Crippen LogP contribution in [0.5, 0.6) is 0 Å². The number of hydrogen-bond acceptors (Lipinski definition) is 2. The van der Waals surface area contributed by atoms with E-state index in [1.807, 2.05) is 21.7 Å². The molecule has 2 nitrogen and oxygen atoms in total. The minimum absolute atomic E-state index is 0.0244. The average Bonchev–Trinajstić information content (AvgIpc) is 2.14. The average molecular weight is 176 g/mol. The van der Waals surface area contributed by atoms with Gasteiger partial charge >= 0.3 is 0 Å². The van der Waals surface area contributed by atoms with Gasteiger partial charge in [0.2, 0.25) is 0 Å². The van der Waals surface area contributed by atoms with Crippen LogP contribution in [0.2, 0.25) is 0 Å². The lowest BCUT2D eigenvalue weighted by Crippen LogP contribution is -2.34. The van der Waals surface area contributed by atoms with Crippen LogP contribution in [-0.4, -0.2) is 36.5 Å². The highest BCUT2D eigenvalue weighted by atomic mass is 35.5. The van der Waals surface area contributed by atoms with Gasteiger partial charge in [-0.15, -0.1) is 11.6 Å². The van der Waals surface area contributed by atoms with Crippen molar-refractivity contribution in [1.82, 2.24) is 0 Å². The van der Waals surface area contributed by atoms with Gasteiger partial charge in [0.25, 0.3) is 0 Å². The summed E-state index contributed by atoms with van der Waals surface area (Å²) < 4.78 is 5.46. The van der Waals surface area contributed by atoms with E-state index < -0.39 is 0 Å². The highest BCUT2D eigenvalue weighted by molar-refractivity contribution is 6.29. The van der Waals surface area contributed by atoms with Crippen LogP contribution in [0.1, 0.15) is 13.8 Å². The highest BCUT2D eigenvalue weighted by Crippen LogP contribution is 2.39. The molecule has 0 aromatic carbocycles. The first-order valence-electron chi connectivity index (χ1n) is 3.95. The number of ether oxygens (including phenoxy) is 1. The first kappa shape index (κ1) is 9.36. The van der Waals surface area contributed by atoms with Crippen molar-refractivity contribution in [2.45, 2.75) is 30.8 Å². The minimum Gasteiger partial charge on any atom is -0.394 e. The second kappa shape index (κ2) is 2.96. The summed E-state index contributed by atoms with van der Waals surface area (Å²) in [5.41, 5.74) is 0. The van der Waals surface area contributed by atoms with Gasteiger partial charge < -0.3 is 9.84 Å². The number of hydrogen-bond donors (Lipinski definition) is 1. The van der Waals surface area contributed by atoms with E-state index in [4.69, 9.17) is 21.4 Å². The molecule has 1 fully saturated rings. The SMILES string of the molecule is B[C@@H]1O[C@H](CO)[C@@H](C)[C@]1(C)Cl. The van der Waals surface area contributed by atoms with Gasteiger partial charge in [-0.1, -0.05) is 6.92 Å². The molecule has 11 heavy (non-hydrogen) atoms. The third-order valence-electron chi connectivity index (χ3n) is 2.80. The zero-order valence-electron chi connectivity index (χ0n) is 7.17. The van der Waals surface area contributed by atoms with Gasteiger partial charge in [-0.3, -0.25) is 0 Å². The van der Waals surface area contributed by atoms with E-state index in [-0.39, 0.29) is 29.5 Å². The van der Waals surface area contributed by atoms with Gasteiger partial charge in [-0.25, -0.2) is 0 Å². The summed E-state index contributed by atoms with van der Waals surface area (Å²) in [4.78, 5) is -0.326. The third kappa shape index (κ3) is 1.42. The molecule has 0 aromatic heterocycles. The summed E-state index contributed by atoms with van der Waals surface area (Å²) in [7, 11) is 1.94. The molecule has 1 saturated heterocycles. The molecule has 0 aliphatic carbocycles. The van der Waals surface area contributed by atoms with Crippen LogP contribution in [0.3, 0.4) is 0 Å². The topological polar surface area (TPSA) is 29.5 Å². The van der Waals surface area contributed by atoms with Crippen LogP contribution < -0.4 is 0 Å². The maximum Gasteiger partial charge on any atom is 0.141 e. The number of aliphatic hydroxyl groups excluding tert-OH is 1. The van der Waals surface area contributed by atoms with E-state index >= 15 is 0 Å². The fraction of sp³-hybridized carbons (Fsp3) is 1.00. The molecule has 0 bridgehead atoms. The zero-order chi connectivity index (χ0) is 8.65. The van der Waals surface area contributed by atoms with Crippen molar-refractivity contribution in [1.29, 1.82) is 0 Å². The normalized spacial score (nSPS) is 51.5. The monoisotopic (exact) mass is 176 g/mol. The lowest BCUT2D eigenvalue weighted by molar-refractivity contribution is 0.0288. The Morgan fingerprint density at radius 1 is 1.73 bits per heavy atom. The fourth-order valence-corrected chi connectivity index (χ4v) is 1.64. The van der Waals surface area contributed by atoms with E-state index in [0.717, 1.165) is 0 Å². The summed E-state index contributed by atoms with van der Waals surface area (Å²) in [6.07, 6.45) is -0.0903. The van der Waals surface area contributed by atoms with E-state index in [1.54, 1.807) is 0 Å². The molecule has 1 rings (SSSR count). The van der Waals surface area contributed by atoms with Gasteiger partial charge in [-0.05, 0) is 6.92 Å². The summed E-state index contributed by atoms with van der Waals surface area (Å²) >= 11 is 6.21. The maximum atomic E-state index is 8.90. The highest BCUT2D eigenvalue weighted by Gasteiger charge is 2.46. The van der Waals surface area contributed by atoms with Crippen molar-refractivity contribution < 1.29 is 9.84 Å². The van der Waals surface area contributed by atoms with E-state index in [1.165, 1.54) is 0 Å². The van der Waals surface area contributed by atoms with Crippen LogP contribution in [0.15, 0.2) is 0 Å². The van der Waals surface area contributed by atoms with E-state index in [9.17, 15) is 0 Å². The van der Waals surface area contributed by atoms with Gasteiger partial charge in [0, 0.05) is 11.9 Å². The molecule has 1 aliphatic rings. The molecule has 0 radical (unpaired) electrons. The smallest absolute Gasteiger partial charge is 0.141 e. The van der Waals surface area contributed by atoms with Crippen molar-refractivity contribution in [3.8, 4) is 0 Å². The minimum atomic E-state index is -0.326. The lowest BCUT2D eigenvalue weighted by atomic mass is 9.81. The van der Waals surface area contributed by atoms with Crippen molar-refractivity contribution >= 4 is 19.4 Å². The molecule has 1 aliphatic heterocycles. The molecule has 1 heterocycles. The van der Waals surface area contributed by atoms with Crippen LogP contribution >= 0.6 is 11.6 Å². The standard InChI is InChI=1S/C7H14BClO2/c1-4-5(3-10)11-6(8)7(4,2)9/h4-6,10H,3,8H2,1-2H3/t4-,5-,6-,7+/m1/s1. The number of halogens is 1. The Morgan fingerprint density at radius 2 is 2.27 bits per heavy atom. The molecule has 0 saturated carbocycles. The molecule has 1 N–H and O–H groups in total. The van der Waals surface area contributed by atoms with Crippen LogP contribution in [0.4, 0.5) is 0 Å². The molecular formula is C7H14BClO2. The van der Waals surface area contributed by atoms with Gasteiger partial charge in [0.15, 0.2) is 0 Å². The molecule has 64 valence electrons. The summed E-state index contributed by atoms with van der Waals surface area (Å²) in [6.45, 7) is 4.03. The summed E-state index contributed by atoms with van der Waals surface area (Å²) in [6, 6.07) is 0.0244.